The number of methoxy groups -OCH3 is 1. The maximum atomic E-state index is 14.1. The van der Waals surface area contributed by atoms with Gasteiger partial charge in [-0.2, -0.15) is 0 Å². The van der Waals surface area contributed by atoms with Crippen LogP contribution in [0.3, 0.4) is 0 Å². The summed E-state index contributed by atoms with van der Waals surface area (Å²) in [6, 6.07) is 13.4. The van der Waals surface area contributed by atoms with Gasteiger partial charge in [0.2, 0.25) is 0 Å². The molecule has 1 atom stereocenters. The molecule has 6 heteroatoms. The van der Waals surface area contributed by atoms with Crippen LogP contribution in [0.1, 0.15) is 37.7 Å². The van der Waals surface area contributed by atoms with E-state index in [1.54, 1.807) is 19.2 Å². The van der Waals surface area contributed by atoms with Crippen molar-refractivity contribution in [3.8, 4) is 5.75 Å². The molecule has 0 unspecified atom stereocenters. The number of halogens is 1. The third-order valence-electron chi connectivity index (χ3n) is 5.57. The van der Waals surface area contributed by atoms with Crippen LogP contribution in [-0.2, 0) is 9.59 Å². The zero-order valence-electron chi connectivity index (χ0n) is 16.9. The molecule has 0 bridgehead atoms. The molecule has 30 heavy (non-hydrogen) atoms. The van der Waals surface area contributed by atoms with Crippen LogP contribution in [0.2, 0.25) is 0 Å². The number of nitrogens with one attached hydrogen (secondary N) is 2. The molecule has 5 nitrogen and oxygen atoms in total. The lowest BCUT2D eigenvalue weighted by Gasteiger charge is -2.34. The lowest BCUT2D eigenvalue weighted by molar-refractivity contribution is -0.116. The van der Waals surface area contributed by atoms with Crippen LogP contribution >= 0.6 is 0 Å². The number of hydrogen-bond donors (Lipinski definition) is 2. The maximum absolute atomic E-state index is 14.1. The van der Waals surface area contributed by atoms with Crippen molar-refractivity contribution in [3.05, 3.63) is 82.5 Å². The van der Waals surface area contributed by atoms with E-state index in [1.165, 1.54) is 12.1 Å². The van der Waals surface area contributed by atoms with Crippen molar-refractivity contribution in [1.82, 2.24) is 5.32 Å². The molecule has 2 N–H and O–H groups in total. The van der Waals surface area contributed by atoms with Gasteiger partial charge in [0.05, 0.1) is 12.8 Å². The zero-order valence-corrected chi connectivity index (χ0v) is 16.9. The number of allylic oxidation sites excluding steroid dienone is 3. The summed E-state index contributed by atoms with van der Waals surface area (Å²) in [4.78, 5) is 26.2. The number of para-hydroxylation sites is 1. The van der Waals surface area contributed by atoms with Crippen LogP contribution < -0.4 is 15.4 Å². The Labute approximate surface area is 174 Å². The Morgan fingerprint density at radius 3 is 2.73 bits per heavy atom. The molecule has 4 rings (SSSR count). The third kappa shape index (κ3) is 3.61. The van der Waals surface area contributed by atoms with Crippen molar-refractivity contribution >= 4 is 17.4 Å². The fraction of sp³-hybridized carbons (Fsp3) is 0.250. The molecule has 0 radical (unpaired) electrons. The lowest BCUT2D eigenvalue weighted by Crippen LogP contribution is -2.35. The van der Waals surface area contributed by atoms with E-state index < -0.39 is 17.6 Å². The summed E-state index contributed by atoms with van der Waals surface area (Å²) in [7, 11) is 1.57. The van der Waals surface area contributed by atoms with Crippen molar-refractivity contribution in [2.75, 3.05) is 12.4 Å². The molecule has 0 fully saturated rings. The van der Waals surface area contributed by atoms with Gasteiger partial charge in [-0.25, -0.2) is 4.39 Å². The first-order valence-electron chi connectivity index (χ1n) is 9.93. The van der Waals surface area contributed by atoms with Gasteiger partial charge in [0, 0.05) is 34.9 Å². The number of anilines is 1. The summed E-state index contributed by atoms with van der Waals surface area (Å²) in [5, 5.41) is 5.93. The van der Waals surface area contributed by atoms with Gasteiger partial charge < -0.3 is 15.4 Å². The second-order valence-corrected chi connectivity index (χ2v) is 7.48. The highest BCUT2D eigenvalue weighted by Gasteiger charge is 2.38. The van der Waals surface area contributed by atoms with Crippen molar-refractivity contribution in [2.24, 2.45) is 0 Å². The molecule has 2 aromatic rings. The van der Waals surface area contributed by atoms with Crippen LogP contribution in [0.15, 0.2) is 71.1 Å². The van der Waals surface area contributed by atoms with E-state index in [2.05, 4.69) is 10.6 Å². The molecule has 0 saturated heterocycles. The predicted octanol–water partition coefficient (Wildman–Crippen LogP) is 4.44. The number of amides is 1. The molecule has 2 aliphatic rings. The smallest absolute Gasteiger partial charge is 0.254 e. The third-order valence-corrected chi connectivity index (χ3v) is 5.57. The molecule has 2 aromatic carbocycles. The second kappa shape index (κ2) is 8.14. The highest BCUT2D eigenvalue weighted by molar-refractivity contribution is 6.09. The number of carbonyl (C=O) groups is 2. The van der Waals surface area contributed by atoms with E-state index in [-0.39, 0.29) is 11.5 Å². The molecule has 0 saturated carbocycles. The van der Waals surface area contributed by atoms with Gasteiger partial charge in [-0.15, -0.1) is 0 Å². The number of hydrogen-bond acceptors (Lipinski definition) is 4. The van der Waals surface area contributed by atoms with E-state index in [9.17, 15) is 14.0 Å². The highest BCUT2D eigenvalue weighted by Crippen LogP contribution is 2.43. The number of carbonyl (C=O) groups excluding carboxylic acids is 2. The van der Waals surface area contributed by atoms with E-state index in [4.69, 9.17) is 4.74 Å². The average Bonchev–Trinajstić information content (AvgIpc) is 2.74. The number of ether oxygens (including phenoxy) is 1. The fourth-order valence-electron chi connectivity index (χ4n) is 4.19. The normalized spacial score (nSPS) is 18.6. The van der Waals surface area contributed by atoms with Crippen molar-refractivity contribution in [2.45, 2.75) is 32.1 Å². The predicted molar refractivity (Wildman–Crippen MR) is 112 cm³/mol. The summed E-state index contributed by atoms with van der Waals surface area (Å²) < 4.78 is 19.5. The van der Waals surface area contributed by atoms with Crippen molar-refractivity contribution in [1.29, 1.82) is 0 Å². The molecule has 1 heterocycles. The largest absolute Gasteiger partial charge is 0.497 e. The number of Topliss-reactive ketones (excluding diaryl/α,β-unsaturated/α-hetero) is 1. The maximum Gasteiger partial charge on any atom is 0.254 e. The first-order valence-corrected chi connectivity index (χ1v) is 9.93. The van der Waals surface area contributed by atoms with Gasteiger partial charge in [-0.3, -0.25) is 9.59 Å². The molecule has 1 aliphatic carbocycles. The Morgan fingerprint density at radius 1 is 1.17 bits per heavy atom. The number of benzene rings is 2. The highest BCUT2D eigenvalue weighted by atomic mass is 19.1. The Bertz CT molecular complexity index is 1090. The van der Waals surface area contributed by atoms with Crippen LogP contribution in [0.5, 0.6) is 5.75 Å². The van der Waals surface area contributed by atoms with E-state index in [0.29, 0.717) is 29.0 Å². The molecule has 0 spiro atoms. The standard InChI is InChI=1S/C24H23FN2O3/c1-14-21(24(29)27-18-10-4-3-9-17(18)25)22(15-7-5-8-16(13-15)30-2)23-19(26-14)11-6-12-20(23)28/h3-5,7-10,13,22,26H,6,11-12H2,1-2H3,(H,27,29)/t22-/m1/s1. The number of ketones is 1. The Balaban J connectivity index is 1.81. The lowest BCUT2D eigenvalue weighted by atomic mass is 9.75. The van der Waals surface area contributed by atoms with Gasteiger partial charge in [0.25, 0.3) is 5.91 Å². The minimum absolute atomic E-state index is 0.0280. The summed E-state index contributed by atoms with van der Waals surface area (Å²) in [6.07, 6.45) is 1.98. The summed E-state index contributed by atoms with van der Waals surface area (Å²) >= 11 is 0. The van der Waals surface area contributed by atoms with Gasteiger partial charge >= 0.3 is 0 Å². The molecular weight excluding hydrogens is 383 g/mol. The van der Waals surface area contributed by atoms with E-state index >= 15 is 0 Å². The van der Waals surface area contributed by atoms with Crippen LogP contribution in [0, 0.1) is 5.82 Å². The van der Waals surface area contributed by atoms with Crippen molar-refractivity contribution < 1.29 is 18.7 Å². The number of rotatable bonds is 4. The monoisotopic (exact) mass is 406 g/mol. The molecule has 1 aliphatic heterocycles. The van der Waals surface area contributed by atoms with E-state index in [1.807, 2.05) is 31.2 Å². The van der Waals surface area contributed by atoms with Crippen LogP contribution in [-0.4, -0.2) is 18.8 Å². The SMILES string of the molecule is COc1cccc([C@@H]2C(C(=O)Nc3ccccc3F)=C(C)NC3=C2C(=O)CCC3)c1. The summed E-state index contributed by atoms with van der Waals surface area (Å²) in [5.41, 5.74) is 3.42. The second-order valence-electron chi connectivity index (χ2n) is 7.48. The molecule has 154 valence electrons. The minimum Gasteiger partial charge on any atom is -0.497 e. The van der Waals surface area contributed by atoms with Crippen LogP contribution in [0.25, 0.3) is 0 Å². The van der Waals surface area contributed by atoms with Gasteiger partial charge in [0.15, 0.2) is 5.78 Å². The first kappa shape index (κ1) is 19.9. The van der Waals surface area contributed by atoms with Crippen molar-refractivity contribution in [3.63, 3.8) is 0 Å². The van der Waals surface area contributed by atoms with Gasteiger partial charge in [-0.1, -0.05) is 24.3 Å². The molecule has 0 aromatic heterocycles. The quantitative estimate of drug-likeness (QED) is 0.788. The first-order chi connectivity index (χ1) is 14.5. The van der Waals surface area contributed by atoms with Gasteiger partial charge in [0.1, 0.15) is 11.6 Å². The Morgan fingerprint density at radius 2 is 1.97 bits per heavy atom. The minimum atomic E-state index is -0.545. The fourth-order valence-corrected chi connectivity index (χ4v) is 4.19. The Kier molecular flexibility index (Phi) is 5.40. The zero-order chi connectivity index (χ0) is 21.3. The summed E-state index contributed by atoms with van der Waals surface area (Å²) in [6.45, 7) is 1.81. The topological polar surface area (TPSA) is 67.4 Å². The van der Waals surface area contributed by atoms with Gasteiger partial charge in [-0.05, 0) is 49.6 Å². The van der Waals surface area contributed by atoms with Crippen LogP contribution in [0.4, 0.5) is 10.1 Å². The molecular formula is C24H23FN2O3. The average molecular weight is 406 g/mol. The van der Waals surface area contributed by atoms with E-state index in [0.717, 1.165) is 24.1 Å². The molecule has 1 amide bonds. The summed E-state index contributed by atoms with van der Waals surface area (Å²) in [5.74, 6) is -0.832. The number of dihydropyridines is 1. The Hall–Kier alpha value is -3.41.